The summed E-state index contributed by atoms with van der Waals surface area (Å²) in [5.41, 5.74) is 5.87. The fraction of sp³-hybridized carbons (Fsp3) is 0.214. The van der Waals surface area contributed by atoms with Crippen LogP contribution in [0.15, 0.2) is 36.4 Å². The summed E-state index contributed by atoms with van der Waals surface area (Å²) >= 11 is 0. The van der Waals surface area contributed by atoms with Crippen LogP contribution in [0.3, 0.4) is 0 Å². The molecule has 0 aliphatic carbocycles. The summed E-state index contributed by atoms with van der Waals surface area (Å²) in [7, 11) is 1.75. The average molecular weight is 287 g/mol. The second kappa shape index (κ2) is 6.67. The van der Waals surface area contributed by atoms with E-state index in [1.54, 1.807) is 13.1 Å². The topological polar surface area (TPSA) is 113 Å². The zero-order valence-corrected chi connectivity index (χ0v) is 11.6. The van der Waals surface area contributed by atoms with Crippen molar-refractivity contribution >= 4 is 17.5 Å². The van der Waals surface area contributed by atoms with E-state index in [9.17, 15) is 9.90 Å². The monoisotopic (exact) mass is 287 g/mol. The summed E-state index contributed by atoms with van der Waals surface area (Å²) in [4.78, 5) is 19.5. The molecular weight excluding hydrogens is 270 g/mol. The number of aliphatic hydroxyl groups is 1. The first kappa shape index (κ1) is 14.7. The highest BCUT2D eigenvalue weighted by atomic mass is 16.3. The van der Waals surface area contributed by atoms with Crippen LogP contribution >= 0.6 is 0 Å². The Balaban J connectivity index is 2.24. The SMILES string of the molecule is CNc1cc(NCC(O)C(N)=O)nc(-c2ccccc2)n1. The number of aliphatic hydroxyl groups excluding tert-OH is 1. The molecule has 7 nitrogen and oxygen atoms in total. The molecule has 0 bridgehead atoms. The third kappa shape index (κ3) is 3.90. The number of aromatic nitrogens is 2. The summed E-state index contributed by atoms with van der Waals surface area (Å²) in [6.07, 6.45) is -1.27. The van der Waals surface area contributed by atoms with E-state index in [1.807, 2.05) is 30.3 Å². The molecule has 1 atom stereocenters. The lowest BCUT2D eigenvalue weighted by Gasteiger charge is -2.11. The van der Waals surface area contributed by atoms with Crippen molar-refractivity contribution in [3.05, 3.63) is 36.4 Å². The first-order valence-electron chi connectivity index (χ1n) is 6.43. The Kier molecular flexibility index (Phi) is 4.68. The number of amides is 1. The van der Waals surface area contributed by atoms with Gasteiger partial charge in [-0.15, -0.1) is 0 Å². The lowest BCUT2D eigenvalue weighted by molar-refractivity contribution is -0.125. The third-order valence-electron chi connectivity index (χ3n) is 2.82. The Morgan fingerprint density at radius 2 is 1.95 bits per heavy atom. The molecule has 1 aromatic carbocycles. The van der Waals surface area contributed by atoms with Crippen molar-refractivity contribution in [2.45, 2.75) is 6.10 Å². The zero-order valence-electron chi connectivity index (χ0n) is 11.6. The molecular formula is C14H17N5O2. The average Bonchev–Trinajstić information content (AvgIpc) is 2.52. The summed E-state index contributed by atoms with van der Waals surface area (Å²) < 4.78 is 0. The molecule has 110 valence electrons. The minimum absolute atomic E-state index is 0.0102. The first-order valence-corrected chi connectivity index (χ1v) is 6.43. The number of anilines is 2. The normalized spacial score (nSPS) is 11.7. The first-order chi connectivity index (χ1) is 10.1. The Hall–Kier alpha value is -2.67. The largest absolute Gasteiger partial charge is 0.381 e. The van der Waals surface area contributed by atoms with Gasteiger partial charge in [-0.25, -0.2) is 9.97 Å². The molecule has 0 saturated heterocycles. The standard InChI is InChI=1S/C14H17N5O2/c1-16-11-7-12(17-8-10(20)13(15)21)19-14(18-11)9-5-3-2-4-6-9/h2-7,10,20H,8H2,1H3,(H2,15,21)(H2,16,17,18,19). The Labute approximate surface area is 122 Å². The number of primary amides is 1. The number of hydrogen-bond acceptors (Lipinski definition) is 6. The molecule has 1 amide bonds. The smallest absolute Gasteiger partial charge is 0.248 e. The van der Waals surface area contributed by atoms with Gasteiger partial charge in [0.1, 0.15) is 17.7 Å². The highest BCUT2D eigenvalue weighted by Crippen LogP contribution is 2.19. The van der Waals surface area contributed by atoms with Crippen molar-refractivity contribution in [1.29, 1.82) is 0 Å². The van der Waals surface area contributed by atoms with Crippen LogP contribution in [-0.2, 0) is 4.79 Å². The van der Waals surface area contributed by atoms with Gasteiger partial charge in [0.2, 0.25) is 5.91 Å². The van der Waals surface area contributed by atoms with E-state index >= 15 is 0 Å². The fourth-order valence-electron chi connectivity index (χ4n) is 1.68. The Morgan fingerprint density at radius 3 is 2.57 bits per heavy atom. The molecule has 0 fully saturated rings. The minimum Gasteiger partial charge on any atom is -0.381 e. The molecule has 1 aromatic heterocycles. The van der Waals surface area contributed by atoms with Gasteiger partial charge in [0, 0.05) is 18.7 Å². The summed E-state index contributed by atoms with van der Waals surface area (Å²) in [6, 6.07) is 11.2. The molecule has 0 radical (unpaired) electrons. The molecule has 5 N–H and O–H groups in total. The number of nitrogens with one attached hydrogen (secondary N) is 2. The Bertz CT molecular complexity index is 618. The summed E-state index contributed by atoms with van der Waals surface area (Å²) in [6.45, 7) is -0.0102. The van der Waals surface area contributed by atoms with Crippen molar-refractivity contribution in [2.24, 2.45) is 5.73 Å². The molecule has 0 saturated carbocycles. The van der Waals surface area contributed by atoms with Gasteiger partial charge < -0.3 is 21.5 Å². The third-order valence-corrected chi connectivity index (χ3v) is 2.82. The molecule has 21 heavy (non-hydrogen) atoms. The second-order valence-electron chi connectivity index (χ2n) is 4.38. The highest BCUT2D eigenvalue weighted by Gasteiger charge is 2.12. The zero-order chi connectivity index (χ0) is 15.2. The van der Waals surface area contributed by atoms with E-state index in [0.29, 0.717) is 17.5 Å². The number of carbonyl (C=O) groups excluding carboxylic acids is 1. The number of carbonyl (C=O) groups is 1. The molecule has 7 heteroatoms. The van der Waals surface area contributed by atoms with Gasteiger partial charge in [0.05, 0.1) is 6.54 Å². The van der Waals surface area contributed by atoms with Gasteiger partial charge in [0.15, 0.2) is 5.82 Å². The van der Waals surface area contributed by atoms with Gasteiger partial charge in [-0.2, -0.15) is 0 Å². The van der Waals surface area contributed by atoms with Crippen LogP contribution in [0.2, 0.25) is 0 Å². The minimum atomic E-state index is -1.27. The van der Waals surface area contributed by atoms with Crippen molar-refractivity contribution in [1.82, 2.24) is 9.97 Å². The van der Waals surface area contributed by atoms with E-state index in [0.717, 1.165) is 5.56 Å². The van der Waals surface area contributed by atoms with Crippen LogP contribution < -0.4 is 16.4 Å². The predicted octanol–water partition coefficient (Wildman–Crippen LogP) is 0.443. The van der Waals surface area contributed by atoms with Crippen molar-refractivity contribution in [2.75, 3.05) is 24.2 Å². The van der Waals surface area contributed by atoms with E-state index in [1.165, 1.54) is 0 Å². The number of nitrogens with two attached hydrogens (primary N) is 1. The lowest BCUT2D eigenvalue weighted by atomic mass is 10.2. The second-order valence-corrected chi connectivity index (χ2v) is 4.38. The van der Waals surface area contributed by atoms with Crippen molar-refractivity contribution < 1.29 is 9.90 Å². The molecule has 0 aliphatic rings. The van der Waals surface area contributed by atoms with Crippen LogP contribution in [0.4, 0.5) is 11.6 Å². The van der Waals surface area contributed by atoms with Gasteiger partial charge >= 0.3 is 0 Å². The fourth-order valence-corrected chi connectivity index (χ4v) is 1.68. The lowest BCUT2D eigenvalue weighted by Crippen LogP contribution is -2.34. The van der Waals surface area contributed by atoms with Gasteiger partial charge in [-0.3, -0.25) is 4.79 Å². The maximum Gasteiger partial charge on any atom is 0.248 e. The number of benzene rings is 1. The maximum absolute atomic E-state index is 10.8. The van der Waals surface area contributed by atoms with E-state index < -0.39 is 12.0 Å². The van der Waals surface area contributed by atoms with Crippen LogP contribution in [0.5, 0.6) is 0 Å². The van der Waals surface area contributed by atoms with Crippen LogP contribution in [-0.4, -0.2) is 40.7 Å². The van der Waals surface area contributed by atoms with Crippen molar-refractivity contribution in [3.63, 3.8) is 0 Å². The van der Waals surface area contributed by atoms with Gasteiger partial charge in [0.25, 0.3) is 0 Å². The Morgan fingerprint density at radius 1 is 1.29 bits per heavy atom. The van der Waals surface area contributed by atoms with Crippen LogP contribution in [0.25, 0.3) is 11.4 Å². The van der Waals surface area contributed by atoms with Crippen LogP contribution in [0, 0.1) is 0 Å². The molecule has 1 unspecified atom stereocenters. The molecule has 2 rings (SSSR count). The number of hydrogen-bond donors (Lipinski definition) is 4. The van der Waals surface area contributed by atoms with Crippen molar-refractivity contribution in [3.8, 4) is 11.4 Å². The van der Waals surface area contributed by atoms with Gasteiger partial charge in [-0.1, -0.05) is 30.3 Å². The predicted molar refractivity (Wildman–Crippen MR) is 80.7 cm³/mol. The molecule has 0 aliphatic heterocycles. The quantitative estimate of drug-likeness (QED) is 0.613. The summed E-state index contributed by atoms with van der Waals surface area (Å²) in [5.74, 6) is 0.876. The van der Waals surface area contributed by atoms with Gasteiger partial charge in [-0.05, 0) is 0 Å². The van der Waals surface area contributed by atoms with Crippen LogP contribution in [0.1, 0.15) is 0 Å². The summed E-state index contributed by atoms with van der Waals surface area (Å²) in [5, 5.41) is 15.2. The molecule has 1 heterocycles. The van der Waals surface area contributed by atoms with E-state index in [2.05, 4.69) is 20.6 Å². The highest BCUT2D eigenvalue weighted by molar-refractivity contribution is 5.79. The van der Waals surface area contributed by atoms with E-state index in [-0.39, 0.29) is 6.54 Å². The van der Waals surface area contributed by atoms with E-state index in [4.69, 9.17) is 5.73 Å². The molecule has 0 spiro atoms. The molecule has 2 aromatic rings. The number of rotatable bonds is 6. The number of nitrogens with zero attached hydrogens (tertiary/aromatic N) is 2. The maximum atomic E-state index is 10.8.